The van der Waals surface area contributed by atoms with Gasteiger partial charge in [0.2, 0.25) is 0 Å². The molecule has 3 aromatic rings. The van der Waals surface area contributed by atoms with Crippen molar-refractivity contribution in [2.75, 3.05) is 14.1 Å². The molecule has 0 fully saturated rings. The van der Waals surface area contributed by atoms with E-state index in [9.17, 15) is 0 Å². The molecule has 3 rings (SSSR count). The Morgan fingerprint density at radius 3 is 2.37 bits per heavy atom. The lowest BCUT2D eigenvalue weighted by Crippen LogP contribution is -2.14. The normalized spacial score (nSPS) is 10.9. The van der Waals surface area contributed by atoms with E-state index in [0.29, 0.717) is 0 Å². The standard InChI is InChI=1S/C15H13NS3/c1-16(2)15-18-13(14(17)19-15)12-8-7-10-5-3-4-6-11(10)9-12/h3-9H,1-2H3/p+1. The molecule has 1 nitrogen and oxygen atoms in total. The van der Waals surface area contributed by atoms with Crippen LogP contribution in [0.3, 0.4) is 0 Å². The van der Waals surface area contributed by atoms with Crippen molar-refractivity contribution >= 4 is 46.1 Å². The van der Waals surface area contributed by atoms with Gasteiger partial charge in [0.15, 0.2) is 0 Å². The maximum absolute atomic E-state index is 4.62. The van der Waals surface area contributed by atoms with Crippen molar-refractivity contribution in [2.24, 2.45) is 0 Å². The van der Waals surface area contributed by atoms with Gasteiger partial charge in [-0.2, -0.15) is 0 Å². The molecule has 1 aromatic heterocycles. The monoisotopic (exact) mass is 304 g/mol. The van der Waals surface area contributed by atoms with Crippen molar-refractivity contribution in [1.29, 1.82) is 0 Å². The lowest BCUT2D eigenvalue weighted by Gasteiger charge is -2.01. The molecule has 0 bridgehead atoms. The van der Waals surface area contributed by atoms with E-state index in [1.807, 2.05) is 0 Å². The second kappa shape index (κ2) is 5.12. The Kier molecular flexibility index (Phi) is 3.48. The van der Waals surface area contributed by atoms with Crippen LogP contribution in [0.4, 0.5) is 0 Å². The molecule has 0 radical (unpaired) electrons. The molecule has 2 aromatic carbocycles. The molecular weight excluding hydrogens is 290 g/mol. The third-order valence-corrected chi connectivity index (χ3v) is 6.34. The van der Waals surface area contributed by atoms with Crippen LogP contribution in [0.5, 0.6) is 0 Å². The Hall–Kier alpha value is -1.10. The zero-order valence-electron chi connectivity index (χ0n) is 10.8. The molecule has 1 heterocycles. The summed E-state index contributed by atoms with van der Waals surface area (Å²) in [5.74, 6) is 0. The lowest BCUT2D eigenvalue weighted by atomic mass is 10.1. The van der Waals surface area contributed by atoms with Gasteiger partial charge in [0.25, 0.3) is 0 Å². The third-order valence-electron chi connectivity index (χ3n) is 2.94. The summed E-state index contributed by atoms with van der Waals surface area (Å²) < 4.78 is 4.50. The van der Waals surface area contributed by atoms with Gasteiger partial charge >= 0.3 is 3.98 Å². The molecule has 0 aliphatic carbocycles. The number of hydrogen-bond donors (Lipinski definition) is 1. The number of thiol groups is 1. The first-order valence-corrected chi connectivity index (χ1v) is 8.05. The largest absolute Gasteiger partial charge is 0.315 e. The molecule has 0 saturated heterocycles. The van der Waals surface area contributed by atoms with Gasteiger partial charge in [0.05, 0.1) is 9.09 Å². The molecule has 19 heavy (non-hydrogen) atoms. The van der Waals surface area contributed by atoms with E-state index in [1.165, 1.54) is 25.2 Å². The van der Waals surface area contributed by atoms with Crippen molar-refractivity contribution in [1.82, 2.24) is 4.58 Å². The van der Waals surface area contributed by atoms with Gasteiger partial charge in [0.1, 0.15) is 14.1 Å². The average molecular weight is 304 g/mol. The molecule has 4 heteroatoms. The van der Waals surface area contributed by atoms with Crippen LogP contribution in [0.2, 0.25) is 0 Å². The molecule has 96 valence electrons. The number of hydrogen-bond acceptors (Lipinski definition) is 3. The summed E-state index contributed by atoms with van der Waals surface area (Å²) in [5, 5.41) is 2.55. The molecule has 0 N–H and O–H groups in total. The van der Waals surface area contributed by atoms with Gasteiger partial charge < -0.3 is 0 Å². The quantitative estimate of drug-likeness (QED) is 0.512. The minimum atomic E-state index is 1.09. The van der Waals surface area contributed by atoms with Crippen LogP contribution in [-0.4, -0.2) is 14.1 Å². The Morgan fingerprint density at radius 2 is 1.68 bits per heavy atom. The molecule has 0 saturated carbocycles. The van der Waals surface area contributed by atoms with Gasteiger partial charge in [-0.3, -0.25) is 0 Å². The number of rotatable bonds is 1. The highest BCUT2D eigenvalue weighted by Crippen LogP contribution is 2.33. The Morgan fingerprint density at radius 1 is 0.947 bits per heavy atom. The van der Waals surface area contributed by atoms with E-state index in [4.69, 9.17) is 0 Å². The van der Waals surface area contributed by atoms with Gasteiger partial charge in [-0.25, -0.2) is 4.58 Å². The van der Waals surface area contributed by atoms with Gasteiger partial charge in [0, 0.05) is 0 Å². The maximum atomic E-state index is 4.62. The Labute approximate surface area is 125 Å². The molecule has 0 atom stereocenters. The summed E-state index contributed by atoms with van der Waals surface area (Å²) >= 11 is 8.15. The predicted molar refractivity (Wildman–Crippen MR) is 89.5 cm³/mol. The summed E-state index contributed by atoms with van der Waals surface area (Å²) in [6.07, 6.45) is 0. The van der Waals surface area contributed by atoms with Crippen LogP contribution in [0.15, 0.2) is 46.7 Å². The lowest BCUT2D eigenvalue weighted by molar-refractivity contribution is 0.844. The first kappa shape index (κ1) is 12.9. The summed E-state index contributed by atoms with van der Waals surface area (Å²) in [7, 11) is 4.14. The number of fused-ring (bicyclic) bond motifs is 1. The SMILES string of the molecule is C[N+](C)=c1sc(S)c(-c2ccc3ccccc3c2)s1. The molecule has 0 spiro atoms. The second-order valence-corrected chi connectivity index (χ2v) is 7.57. The topological polar surface area (TPSA) is 3.01 Å². The van der Waals surface area contributed by atoms with E-state index >= 15 is 0 Å². The fourth-order valence-electron chi connectivity index (χ4n) is 1.98. The van der Waals surface area contributed by atoms with E-state index in [0.717, 1.165) is 4.21 Å². The van der Waals surface area contributed by atoms with Gasteiger partial charge in [-0.1, -0.05) is 47.7 Å². The average Bonchev–Trinajstić information content (AvgIpc) is 2.80. The van der Waals surface area contributed by atoms with Crippen LogP contribution < -0.4 is 8.56 Å². The van der Waals surface area contributed by atoms with Crippen LogP contribution in [0, 0.1) is 0 Å². The van der Waals surface area contributed by atoms with E-state index in [2.05, 4.69) is 73.8 Å². The zero-order chi connectivity index (χ0) is 13.4. The number of nitrogens with zero attached hydrogens (tertiary/aromatic N) is 1. The molecule has 0 amide bonds. The summed E-state index contributed by atoms with van der Waals surface area (Å²) in [5.41, 5.74) is 1.25. The Bertz CT molecular complexity index is 807. The Balaban J connectivity index is 2.22. The molecule has 0 aliphatic rings. The van der Waals surface area contributed by atoms with Crippen LogP contribution in [-0.2, 0) is 0 Å². The highest BCUT2D eigenvalue weighted by molar-refractivity contribution is 7.83. The van der Waals surface area contributed by atoms with Crippen LogP contribution >= 0.6 is 35.3 Å². The minimum Gasteiger partial charge on any atom is -0.217 e. The van der Waals surface area contributed by atoms with Crippen molar-refractivity contribution in [2.45, 2.75) is 4.21 Å². The van der Waals surface area contributed by atoms with Crippen molar-refractivity contribution in [3.8, 4) is 10.4 Å². The fourth-order valence-corrected chi connectivity index (χ4v) is 4.85. The van der Waals surface area contributed by atoms with Crippen molar-refractivity contribution < 1.29 is 0 Å². The predicted octanol–water partition coefficient (Wildman–Crippen LogP) is 3.95. The minimum absolute atomic E-state index is 1.09. The highest BCUT2D eigenvalue weighted by atomic mass is 32.2. The van der Waals surface area contributed by atoms with E-state index in [1.54, 1.807) is 22.7 Å². The smallest absolute Gasteiger partial charge is 0.217 e. The summed E-state index contributed by atoms with van der Waals surface area (Å²) in [4.78, 5) is 1.25. The molecular formula is C15H14NS3+. The zero-order valence-corrected chi connectivity index (χ0v) is 13.3. The van der Waals surface area contributed by atoms with Gasteiger partial charge in [-0.05, 0) is 33.7 Å². The van der Waals surface area contributed by atoms with E-state index < -0.39 is 0 Å². The second-order valence-electron chi connectivity index (χ2n) is 4.56. The van der Waals surface area contributed by atoms with Crippen molar-refractivity contribution in [3.63, 3.8) is 0 Å². The summed E-state index contributed by atoms with van der Waals surface area (Å²) in [6.45, 7) is 0. The van der Waals surface area contributed by atoms with Gasteiger partial charge in [-0.15, -0.1) is 12.6 Å². The highest BCUT2D eigenvalue weighted by Gasteiger charge is 2.10. The first-order valence-electron chi connectivity index (χ1n) is 5.97. The first-order chi connectivity index (χ1) is 9.15. The van der Waals surface area contributed by atoms with Crippen molar-refractivity contribution in [3.05, 3.63) is 46.4 Å². The van der Waals surface area contributed by atoms with Crippen LogP contribution in [0.1, 0.15) is 0 Å². The maximum Gasteiger partial charge on any atom is 0.315 e. The summed E-state index contributed by atoms with van der Waals surface area (Å²) in [6, 6.07) is 15.0. The van der Waals surface area contributed by atoms with E-state index in [-0.39, 0.29) is 0 Å². The third kappa shape index (κ3) is 2.48. The van der Waals surface area contributed by atoms with Crippen LogP contribution in [0.25, 0.3) is 21.2 Å². The molecule has 0 unspecified atom stereocenters. The number of benzene rings is 2. The molecule has 0 aliphatic heterocycles. The fraction of sp³-hybridized carbons (Fsp3) is 0.133.